The third kappa shape index (κ3) is 3.76. The molecule has 0 spiro atoms. The second-order valence-electron chi connectivity index (χ2n) is 7.91. The van der Waals surface area contributed by atoms with Gasteiger partial charge < -0.3 is 0 Å². The molecule has 1 saturated carbocycles. The third-order valence-corrected chi connectivity index (χ3v) is 6.42. The third-order valence-electron chi connectivity index (χ3n) is 6.42. The summed E-state index contributed by atoms with van der Waals surface area (Å²) in [4.78, 5) is 0. The standard InChI is InChI=1S/C22H34/c1-3-5-6-18-9-12-22-16-21(14-13-20(22)15-18)19-10-7-17(4-2)8-11-19/h13-14,16-19H,3-12,15H2,1-2H3. The first-order valence-corrected chi connectivity index (χ1v) is 9.91. The van der Waals surface area contributed by atoms with Crippen molar-refractivity contribution >= 4 is 0 Å². The molecule has 1 aromatic carbocycles. The fourth-order valence-electron chi connectivity index (χ4n) is 4.75. The van der Waals surface area contributed by atoms with Gasteiger partial charge in [0, 0.05) is 0 Å². The van der Waals surface area contributed by atoms with Crippen molar-refractivity contribution in [1.82, 2.24) is 0 Å². The van der Waals surface area contributed by atoms with Crippen molar-refractivity contribution in [3.63, 3.8) is 0 Å². The molecule has 0 bridgehead atoms. The summed E-state index contributed by atoms with van der Waals surface area (Å²) in [6, 6.07) is 7.54. The van der Waals surface area contributed by atoms with Crippen molar-refractivity contribution in [2.75, 3.05) is 0 Å². The van der Waals surface area contributed by atoms with Gasteiger partial charge in [0.05, 0.1) is 0 Å². The van der Waals surface area contributed by atoms with E-state index >= 15 is 0 Å². The average Bonchev–Trinajstić information content (AvgIpc) is 2.59. The van der Waals surface area contributed by atoms with E-state index in [-0.39, 0.29) is 0 Å². The van der Waals surface area contributed by atoms with Crippen LogP contribution in [0.2, 0.25) is 0 Å². The zero-order valence-electron chi connectivity index (χ0n) is 14.7. The van der Waals surface area contributed by atoms with Crippen LogP contribution in [-0.4, -0.2) is 0 Å². The highest BCUT2D eigenvalue weighted by atomic mass is 14.3. The Hall–Kier alpha value is -0.780. The Labute approximate surface area is 137 Å². The maximum absolute atomic E-state index is 2.59. The molecule has 1 aromatic rings. The van der Waals surface area contributed by atoms with Crippen LogP contribution in [0.3, 0.4) is 0 Å². The summed E-state index contributed by atoms with van der Waals surface area (Å²) in [5, 5.41) is 0. The van der Waals surface area contributed by atoms with Crippen LogP contribution in [-0.2, 0) is 12.8 Å². The molecule has 1 unspecified atom stereocenters. The molecule has 0 heterocycles. The van der Waals surface area contributed by atoms with Crippen LogP contribution in [0.1, 0.15) is 94.2 Å². The Kier molecular flexibility index (Phi) is 5.61. The summed E-state index contributed by atoms with van der Waals surface area (Å²) < 4.78 is 0. The van der Waals surface area contributed by atoms with Crippen molar-refractivity contribution < 1.29 is 0 Å². The number of benzene rings is 1. The first kappa shape index (κ1) is 16.1. The highest BCUT2D eigenvalue weighted by Crippen LogP contribution is 2.38. The van der Waals surface area contributed by atoms with Crippen LogP contribution in [0, 0.1) is 11.8 Å². The van der Waals surface area contributed by atoms with E-state index in [0.29, 0.717) is 0 Å². The van der Waals surface area contributed by atoms with E-state index in [1.165, 1.54) is 70.6 Å². The topological polar surface area (TPSA) is 0 Å². The molecule has 0 heteroatoms. The Bertz CT molecular complexity index is 465. The normalized spacial score (nSPS) is 28.4. The maximum Gasteiger partial charge on any atom is -0.0162 e. The molecule has 0 N–H and O–H groups in total. The van der Waals surface area contributed by atoms with E-state index in [2.05, 4.69) is 32.0 Å². The van der Waals surface area contributed by atoms with Gasteiger partial charge in [-0.15, -0.1) is 0 Å². The molecule has 0 aliphatic heterocycles. The largest absolute Gasteiger partial charge is 0.0654 e. The minimum Gasteiger partial charge on any atom is -0.0654 e. The molecule has 0 radical (unpaired) electrons. The zero-order chi connectivity index (χ0) is 15.4. The second kappa shape index (κ2) is 7.66. The quantitative estimate of drug-likeness (QED) is 0.569. The number of hydrogen-bond donors (Lipinski definition) is 0. The molecule has 2 aliphatic rings. The first-order valence-electron chi connectivity index (χ1n) is 9.91. The SMILES string of the molecule is CCCCC1CCc2cc(C3CCC(CC)CC3)ccc2C1. The number of unbranched alkanes of at least 4 members (excludes halogenated alkanes) is 1. The smallest absolute Gasteiger partial charge is 0.0162 e. The van der Waals surface area contributed by atoms with Gasteiger partial charge in [-0.2, -0.15) is 0 Å². The fraction of sp³-hybridized carbons (Fsp3) is 0.727. The molecule has 22 heavy (non-hydrogen) atoms. The number of aryl methyl sites for hydroxylation is 1. The van der Waals surface area contributed by atoms with E-state index in [1.807, 2.05) is 0 Å². The molecule has 0 saturated heterocycles. The van der Waals surface area contributed by atoms with Gasteiger partial charge in [0.2, 0.25) is 0 Å². The number of hydrogen-bond acceptors (Lipinski definition) is 0. The summed E-state index contributed by atoms with van der Waals surface area (Å²) in [7, 11) is 0. The predicted octanol–water partition coefficient (Wildman–Crippen LogP) is 6.67. The lowest BCUT2D eigenvalue weighted by Gasteiger charge is -2.30. The summed E-state index contributed by atoms with van der Waals surface area (Å²) in [5.41, 5.74) is 5.00. The Morgan fingerprint density at radius 1 is 0.909 bits per heavy atom. The van der Waals surface area contributed by atoms with Gasteiger partial charge in [-0.25, -0.2) is 0 Å². The van der Waals surface area contributed by atoms with E-state index in [9.17, 15) is 0 Å². The molecular weight excluding hydrogens is 264 g/mol. The van der Waals surface area contributed by atoms with Gasteiger partial charge >= 0.3 is 0 Å². The van der Waals surface area contributed by atoms with Gasteiger partial charge in [0.15, 0.2) is 0 Å². The number of fused-ring (bicyclic) bond motifs is 1. The van der Waals surface area contributed by atoms with Crippen LogP contribution in [0.5, 0.6) is 0 Å². The molecular formula is C22H34. The first-order chi connectivity index (χ1) is 10.8. The van der Waals surface area contributed by atoms with Crippen LogP contribution in [0.25, 0.3) is 0 Å². The molecule has 0 amide bonds. The molecule has 0 nitrogen and oxygen atoms in total. The van der Waals surface area contributed by atoms with E-state index < -0.39 is 0 Å². The highest BCUT2D eigenvalue weighted by molar-refractivity contribution is 5.36. The van der Waals surface area contributed by atoms with Crippen LogP contribution >= 0.6 is 0 Å². The lowest BCUT2D eigenvalue weighted by Crippen LogP contribution is -2.16. The van der Waals surface area contributed by atoms with Gasteiger partial charge in [-0.3, -0.25) is 0 Å². The Balaban J connectivity index is 1.63. The van der Waals surface area contributed by atoms with Crippen molar-refractivity contribution in [2.45, 2.75) is 90.4 Å². The number of rotatable bonds is 5. The van der Waals surface area contributed by atoms with Crippen molar-refractivity contribution in [1.29, 1.82) is 0 Å². The summed E-state index contributed by atoms with van der Waals surface area (Å²) >= 11 is 0. The molecule has 1 atom stereocenters. The zero-order valence-corrected chi connectivity index (χ0v) is 14.7. The van der Waals surface area contributed by atoms with Crippen molar-refractivity contribution in [2.24, 2.45) is 11.8 Å². The van der Waals surface area contributed by atoms with Gasteiger partial charge in [0.25, 0.3) is 0 Å². The fourth-order valence-corrected chi connectivity index (χ4v) is 4.75. The van der Waals surface area contributed by atoms with Crippen molar-refractivity contribution in [3.05, 3.63) is 34.9 Å². The van der Waals surface area contributed by atoms with E-state index in [1.54, 1.807) is 16.7 Å². The summed E-state index contributed by atoms with van der Waals surface area (Å²) in [5.74, 6) is 2.82. The maximum atomic E-state index is 2.59. The summed E-state index contributed by atoms with van der Waals surface area (Å²) in [6.45, 7) is 4.68. The molecule has 2 aliphatic carbocycles. The minimum atomic E-state index is 0.853. The second-order valence-corrected chi connectivity index (χ2v) is 7.91. The summed E-state index contributed by atoms with van der Waals surface area (Å²) in [6.07, 6.45) is 15.5. The molecule has 122 valence electrons. The lowest BCUT2D eigenvalue weighted by molar-refractivity contribution is 0.318. The highest BCUT2D eigenvalue weighted by Gasteiger charge is 2.23. The Morgan fingerprint density at radius 3 is 2.45 bits per heavy atom. The van der Waals surface area contributed by atoms with Crippen LogP contribution in [0.15, 0.2) is 18.2 Å². The molecule has 3 rings (SSSR count). The van der Waals surface area contributed by atoms with Crippen molar-refractivity contribution in [3.8, 4) is 0 Å². The van der Waals surface area contributed by atoms with Crippen LogP contribution < -0.4 is 0 Å². The molecule has 1 fully saturated rings. The predicted molar refractivity (Wildman–Crippen MR) is 96.5 cm³/mol. The monoisotopic (exact) mass is 298 g/mol. The average molecular weight is 299 g/mol. The molecule has 0 aromatic heterocycles. The van der Waals surface area contributed by atoms with Gasteiger partial charge in [0.1, 0.15) is 0 Å². The van der Waals surface area contributed by atoms with Gasteiger partial charge in [-0.1, -0.05) is 57.7 Å². The van der Waals surface area contributed by atoms with E-state index in [4.69, 9.17) is 0 Å². The Morgan fingerprint density at radius 2 is 1.73 bits per heavy atom. The van der Waals surface area contributed by atoms with E-state index in [0.717, 1.165) is 17.8 Å². The van der Waals surface area contributed by atoms with Crippen LogP contribution in [0.4, 0.5) is 0 Å². The lowest BCUT2D eigenvalue weighted by atomic mass is 9.75. The minimum absolute atomic E-state index is 0.853. The van der Waals surface area contributed by atoms with Gasteiger partial charge in [-0.05, 0) is 79.4 Å².